The van der Waals surface area contributed by atoms with Crippen LogP contribution in [-0.2, 0) is 22.4 Å². The van der Waals surface area contributed by atoms with Crippen molar-refractivity contribution in [3.8, 4) is 0 Å². The number of nitrogens with zero attached hydrogens (tertiary/aromatic N) is 4. The van der Waals surface area contributed by atoms with Gasteiger partial charge in [-0.05, 0) is 48.4 Å². The Bertz CT molecular complexity index is 1140. The summed E-state index contributed by atoms with van der Waals surface area (Å²) in [6, 6.07) is 6.84. The molecule has 0 amide bonds. The SMILES string of the molecule is CC(C)CN(c1ccc(C(C)CC(=O)O)cc1Nc1nc(C(F)(F)F)n(COCC[Si](C)(C)C)n1)C1CCCCC1. The van der Waals surface area contributed by atoms with Crippen LogP contribution in [0.2, 0.25) is 25.7 Å². The minimum Gasteiger partial charge on any atom is -0.481 e. The monoisotopic (exact) mass is 597 g/mol. The van der Waals surface area contributed by atoms with Gasteiger partial charge in [0.15, 0.2) is 0 Å². The molecule has 1 atom stereocenters. The average Bonchev–Trinajstić information content (AvgIpc) is 3.28. The van der Waals surface area contributed by atoms with E-state index in [9.17, 15) is 23.1 Å². The van der Waals surface area contributed by atoms with Gasteiger partial charge in [0.25, 0.3) is 0 Å². The van der Waals surface area contributed by atoms with E-state index in [1.165, 1.54) is 6.42 Å². The van der Waals surface area contributed by atoms with Gasteiger partial charge in [0.1, 0.15) is 6.73 Å². The fourth-order valence-corrected chi connectivity index (χ4v) is 5.92. The molecule has 230 valence electrons. The first-order valence-electron chi connectivity index (χ1n) is 14.6. The Morgan fingerprint density at radius 2 is 1.88 bits per heavy atom. The number of aliphatic carboxylic acids is 1. The molecule has 1 aliphatic rings. The number of aromatic nitrogens is 3. The topological polar surface area (TPSA) is 92.5 Å². The standard InChI is InChI=1S/C29H46F3N5O3Si/c1-20(2)18-36(23-10-8-7-9-11-23)25-13-12-22(21(3)16-26(38)39)17-24(25)33-28-34-27(29(30,31)32)37(35-28)19-40-14-15-41(4,5)6/h12-13,17,20-21,23H,7-11,14-16,18-19H2,1-6H3,(H,33,35)(H,38,39). The van der Waals surface area contributed by atoms with Gasteiger partial charge in [-0.1, -0.05) is 65.7 Å². The molecule has 1 fully saturated rings. The maximum absolute atomic E-state index is 13.9. The number of benzene rings is 1. The molecule has 0 saturated heterocycles. The van der Waals surface area contributed by atoms with Crippen LogP contribution in [0.15, 0.2) is 18.2 Å². The van der Waals surface area contributed by atoms with E-state index in [2.05, 4.69) is 53.8 Å². The first-order valence-corrected chi connectivity index (χ1v) is 18.3. The summed E-state index contributed by atoms with van der Waals surface area (Å²) in [5.74, 6) is -2.15. The van der Waals surface area contributed by atoms with Crippen LogP contribution in [0.1, 0.15) is 76.6 Å². The Morgan fingerprint density at radius 3 is 2.46 bits per heavy atom. The van der Waals surface area contributed by atoms with Crippen LogP contribution < -0.4 is 10.2 Å². The van der Waals surface area contributed by atoms with Crippen LogP contribution in [0.3, 0.4) is 0 Å². The van der Waals surface area contributed by atoms with Crippen molar-refractivity contribution >= 4 is 31.4 Å². The molecule has 2 N–H and O–H groups in total. The number of hydrogen-bond acceptors (Lipinski definition) is 6. The van der Waals surface area contributed by atoms with Crippen molar-refractivity contribution in [3.05, 3.63) is 29.6 Å². The molecular weight excluding hydrogens is 551 g/mol. The van der Waals surface area contributed by atoms with Gasteiger partial charge in [-0.15, -0.1) is 5.10 Å². The lowest BCUT2D eigenvalue weighted by molar-refractivity contribution is -0.150. The molecule has 12 heteroatoms. The Balaban J connectivity index is 1.99. The quantitative estimate of drug-likeness (QED) is 0.170. The largest absolute Gasteiger partial charge is 0.481 e. The zero-order chi connectivity index (χ0) is 30.4. The second kappa shape index (κ2) is 14.0. The summed E-state index contributed by atoms with van der Waals surface area (Å²) in [5.41, 5.74) is 2.20. The van der Waals surface area contributed by atoms with Crippen molar-refractivity contribution < 1.29 is 27.8 Å². The minimum absolute atomic E-state index is 0.0586. The number of hydrogen-bond donors (Lipinski definition) is 2. The van der Waals surface area contributed by atoms with Crippen molar-refractivity contribution in [1.29, 1.82) is 0 Å². The summed E-state index contributed by atoms with van der Waals surface area (Å²) in [6.07, 6.45) is 0.790. The molecule has 1 aliphatic carbocycles. The van der Waals surface area contributed by atoms with Gasteiger partial charge in [-0.2, -0.15) is 18.2 Å². The first kappa shape index (κ1) is 32.9. The Labute approximate surface area is 242 Å². The van der Waals surface area contributed by atoms with Crippen LogP contribution >= 0.6 is 0 Å². The van der Waals surface area contributed by atoms with Crippen LogP contribution in [-0.4, -0.2) is 53.1 Å². The number of carbonyl (C=O) groups is 1. The van der Waals surface area contributed by atoms with Gasteiger partial charge >= 0.3 is 12.1 Å². The van der Waals surface area contributed by atoms with E-state index in [4.69, 9.17) is 4.74 Å². The van der Waals surface area contributed by atoms with E-state index in [0.29, 0.717) is 24.3 Å². The number of ether oxygens (including phenoxy) is 1. The number of halogens is 3. The lowest BCUT2D eigenvalue weighted by Gasteiger charge is -2.38. The van der Waals surface area contributed by atoms with Crippen LogP contribution in [0.4, 0.5) is 30.5 Å². The van der Waals surface area contributed by atoms with E-state index in [0.717, 1.165) is 54.2 Å². The van der Waals surface area contributed by atoms with Crippen LogP contribution in [0.25, 0.3) is 0 Å². The van der Waals surface area contributed by atoms with Crippen molar-refractivity contribution in [2.75, 3.05) is 23.4 Å². The number of carboxylic acid groups (broad SMARTS) is 1. The average molecular weight is 598 g/mol. The molecule has 0 radical (unpaired) electrons. The third kappa shape index (κ3) is 10.0. The smallest absolute Gasteiger partial charge is 0.451 e. The van der Waals surface area contributed by atoms with Gasteiger partial charge in [0.2, 0.25) is 11.8 Å². The fourth-order valence-electron chi connectivity index (χ4n) is 5.17. The molecular formula is C29H46F3N5O3Si. The summed E-state index contributed by atoms with van der Waals surface area (Å²) < 4.78 is 48.1. The number of alkyl halides is 3. The van der Waals surface area contributed by atoms with Crippen molar-refractivity contribution in [2.24, 2.45) is 5.92 Å². The summed E-state index contributed by atoms with van der Waals surface area (Å²) in [5, 5.41) is 16.6. The highest BCUT2D eigenvalue weighted by Crippen LogP contribution is 2.37. The second-order valence-corrected chi connectivity index (χ2v) is 18.5. The minimum atomic E-state index is -4.71. The highest BCUT2D eigenvalue weighted by molar-refractivity contribution is 6.76. The predicted octanol–water partition coefficient (Wildman–Crippen LogP) is 7.73. The number of anilines is 3. The maximum atomic E-state index is 13.9. The van der Waals surface area contributed by atoms with E-state index in [1.54, 1.807) is 0 Å². The highest BCUT2D eigenvalue weighted by atomic mass is 28.3. The first-order chi connectivity index (χ1) is 19.1. The molecule has 1 saturated carbocycles. The molecule has 1 unspecified atom stereocenters. The third-order valence-electron chi connectivity index (χ3n) is 7.34. The van der Waals surface area contributed by atoms with Crippen LogP contribution in [0.5, 0.6) is 0 Å². The van der Waals surface area contributed by atoms with Gasteiger partial charge in [-0.25, -0.2) is 4.68 Å². The molecule has 41 heavy (non-hydrogen) atoms. The Hall–Kier alpha value is -2.60. The molecule has 2 aromatic rings. The van der Waals surface area contributed by atoms with E-state index < -0.39 is 26.0 Å². The van der Waals surface area contributed by atoms with Crippen molar-refractivity contribution in [3.63, 3.8) is 0 Å². The number of rotatable bonds is 14. The third-order valence-corrected chi connectivity index (χ3v) is 9.04. The van der Waals surface area contributed by atoms with Gasteiger partial charge in [0, 0.05) is 27.3 Å². The van der Waals surface area contributed by atoms with E-state index >= 15 is 0 Å². The lowest BCUT2D eigenvalue weighted by Crippen LogP contribution is -2.39. The Morgan fingerprint density at radius 1 is 1.20 bits per heavy atom. The zero-order valence-corrected chi connectivity index (χ0v) is 26.2. The zero-order valence-electron chi connectivity index (χ0n) is 25.2. The number of nitrogens with one attached hydrogen (secondary N) is 1. The normalized spacial score (nSPS) is 15.8. The van der Waals surface area contributed by atoms with Crippen LogP contribution in [0, 0.1) is 5.92 Å². The number of carboxylic acids is 1. The fraction of sp³-hybridized carbons (Fsp3) is 0.690. The molecule has 3 rings (SSSR count). The van der Waals surface area contributed by atoms with E-state index in [-0.39, 0.29) is 25.0 Å². The summed E-state index contributed by atoms with van der Waals surface area (Å²) in [6.45, 7) is 13.4. The molecule has 1 aromatic carbocycles. The van der Waals surface area contributed by atoms with E-state index in [1.807, 2.05) is 25.1 Å². The summed E-state index contributed by atoms with van der Waals surface area (Å²) in [4.78, 5) is 17.6. The van der Waals surface area contributed by atoms with Gasteiger partial charge in [-0.3, -0.25) is 4.79 Å². The maximum Gasteiger partial charge on any atom is 0.451 e. The molecule has 1 heterocycles. The van der Waals surface area contributed by atoms with Gasteiger partial charge < -0.3 is 20.1 Å². The highest BCUT2D eigenvalue weighted by Gasteiger charge is 2.38. The van der Waals surface area contributed by atoms with Crippen molar-refractivity contribution in [2.45, 2.75) is 110 Å². The van der Waals surface area contributed by atoms with Gasteiger partial charge in [0.05, 0.1) is 17.8 Å². The summed E-state index contributed by atoms with van der Waals surface area (Å²) in [7, 11) is -1.41. The second-order valence-electron chi connectivity index (χ2n) is 12.8. The molecule has 0 bridgehead atoms. The molecule has 0 spiro atoms. The summed E-state index contributed by atoms with van der Waals surface area (Å²) >= 11 is 0. The molecule has 8 nitrogen and oxygen atoms in total. The van der Waals surface area contributed by atoms with Crippen molar-refractivity contribution in [1.82, 2.24) is 14.8 Å². The Kier molecular flexibility index (Phi) is 11.3. The predicted molar refractivity (Wildman–Crippen MR) is 159 cm³/mol. The lowest BCUT2D eigenvalue weighted by atomic mass is 9.92. The molecule has 1 aromatic heterocycles. The molecule has 0 aliphatic heterocycles.